The number of aromatic nitrogens is 4. The largest absolute Gasteiger partial charge is 0.489 e. The molecule has 0 saturated heterocycles. The molecule has 0 saturated carbocycles. The number of ether oxygens (including phenoxy) is 1. The molecule has 3 heterocycles. The smallest absolute Gasteiger partial charge is 0.224 e. The first-order valence-electron chi connectivity index (χ1n) is 10.3. The molecule has 0 atom stereocenters. The lowest BCUT2D eigenvalue weighted by Crippen LogP contribution is -2.24. The van der Waals surface area contributed by atoms with E-state index in [0.717, 1.165) is 45.5 Å². The minimum absolute atomic E-state index is 0.0519. The molecular weight excluding hydrogens is 406 g/mol. The van der Waals surface area contributed by atoms with E-state index in [9.17, 15) is 4.79 Å². The molecule has 4 aromatic rings. The maximum atomic E-state index is 12.3. The molecule has 32 heavy (non-hydrogen) atoms. The minimum Gasteiger partial charge on any atom is -0.489 e. The molecule has 0 bridgehead atoms. The molecule has 3 aromatic heterocycles. The van der Waals surface area contributed by atoms with Gasteiger partial charge in [-0.2, -0.15) is 0 Å². The van der Waals surface area contributed by atoms with Gasteiger partial charge >= 0.3 is 0 Å². The van der Waals surface area contributed by atoms with Crippen LogP contribution in [0, 0.1) is 20.8 Å². The first-order chi connectivity index (χ1) is 15.5. The maximum Gasteiger partial charge on any atom is 0.224 e. The summed E-state index contributed by atoms with van der Waals surface area (Å²) in [5, 5.41) is 6.86. The lowest BCUT2D eigenvalue weighted by atomic mass is 10.1. The molecule has 4 rings (SSSR count). The fraction of sp³-hybridized carbons (Fsp3) is 0.250. The molecule has 0 aliphatic carbocycles. The van der Waals surface area contributed by atoms with Crippen LogP contribution < -0.4 is 10.1 Å². The molecule has 0 aliphatic heterocycles. The summed E-state index contributed by atoms with van der Waals surface area (Å²) >= 11 is 0. The van der Waals surface area contributed by atoms with Gasteiger partial charge in [-0.3, -0.25) is 9.36 Å². The van der Waals surface area contributed by atoms with Crippen molar-refractivity contribution in [1.82, 2.24) is 25.0 Å². The van der Waals surface area contributed by atoms with Crippen molar-refractivity contribution in [2.24, 2.45) is 0 Å². The summed E-state index contributed by atoms with van der Waals surface area (Å²) in [5.74, 6) is 3.11. The number of imidazole rings is 1. The normalized spacial score (nSPS) is 10.8. The van der Waals surface area contributed by atoms with E-state index in [1.807, 2.05) is 67.9 Å². The Labute approximate surface area is 186 Å². The Morgan fingerprint density at radius 1 is 1.06 bits per heavy atom. The lowest BCUT2D eigenvalue weighted by Gasteiger charge is -2.09. The van der Waals surface area contributed by atoms with Crippen LogP contribution in [0.2, 0.25) is 0 Å². The summed E-state index contributed by atoms with van der Waals surface area (Å²) < 4.78 is 12.9. The van der Waals surface area contributed by atoms with Crippen LogP contribution in [0.4, 0.5) is 0 Å². The van der Waals surface area contributed by atoms with E-state index in [0.29, 0.717) is 19.6 Å². The summed E-state index contributed by atoms with van der Waals surface area (Å²) in [7, 11) is 0. The zero-order valence-corrected chi connectivity index (χ0v) is 18.3. The van der Waals surface area contributed by atoms with Gasteiger partial charge in [-0.25, -0.2) is 9.97 Å². The zero-order valence-electron chi connectivity index (χ0n) is 18.3. The van der Waals surface area contributed by atoms with Crippen LogP contribution in [0.1, 0.15) is 34.0 Å². The SMILES string of the molecule is Cc1noc(C)c1COc1ccc(CC(=O)NCc2ccc(-n3ccnc3C)nc2)cc1. The lowest BCUT2D eigenvalue weighted by molar-refractivity contribution is -0.120. The molecule has 0 fully saturated rings. The molecule has 0 radical (unpaired) electrons. The van der Waals surface area contributed by atoms with Gasteiger partial charge in [0.05, 0.1) is 17.7 Å². The van der Waals surface area contributed by atoms with Gasteiger partial charge in [-0.15, -0.1) is 0 Å². The highest BCUT2D eigenvalue weighted by Crippen LogP contribution is 2.18. The zero-order chi connectivity index (χ0) is 22.5. The number of aryl methyl sites for hydroxylation is 3. The fourth-order valence-corrected chi connectivity index (χ4v) is 3.30. The van der Waals surface area contributed by atoms with Crippen LogP contribution in [0.3, 0.4) is 0 Å². The van der Waals surface area contributed by atoms with Crippen LogP contribution in [0.25, 0.3) is 5.82 Å². The Morgan fingerprint density at radius 2 is 1.84 bits per heavy atom. The van der Waals surface area contributed by atoms with Crippen molar-refractivity contribution in [1.29, 1.82) is 0 Å². The van der Waals surface area contributed by atoms with Crippen LogP contribution >= 0.6 is 0 Å². The molecule has 8 heteroatoms. The molecule has 1 aromatic carbocycles. The standard InChI is InChI=1S/C24H25N5O3/c1-16-22(17(2)32-28-16)15-31-21-7-4-19(5-8-21)12-24(30)27-14-20-6-9-23(26-13-20)29-11-10-25-18(29)3/h4-11,13H,12,14-15H2,1-3H3,(H,27,30). The predicted molar refractivity (Wildman–Crippen MR) is 118 cm³/mol. The number of nitrogens with zero attached hydrogens (tertiary/aromatic N) is 4. The molecular formula is C24H25N5O3. The number of rotatable bonds is 8. The van der Waals surface area contributed by atoms with Gasteiger partial charge in [0.25, 0.3) is 0 Å². The van der Waals surface area contributed by atoms with Crippen LogP contribution in [-0.4, -0.2) is 25.6 Å². The summed E-state index contributed by atoms with van der Waals surface area (Å²) in [6.07, 6.45) is 5.67. The van der Waals surface area contributed by atoms with Crippen LogP contribution in [0.15, 0.2) is 59.5 Å². The van der Waals surface area contributed by atoms with Gasteiger partial charge in [0.1, 0.15) is 29.8 Å². The summed E-state index contributed by atoms with van der Waals surface area (Å²) in [5.41, 5.74) is 3.63. The van der Waals surface area contributed by atoms with Gasteiger partial charge in [-0.05, 0) is 50.1 Å². The van der Waals surface area contributed by atoms with Crippen molar-refractivity contribution in [2.75, 3.05) is 0 Å². The Morgan fingerprint density at radius 3 is 2.47 bits per heavy atom. The average molecular weight is 431 g/mol. The second kappa shape index (κ2) is 9.47. The summed E-state index contributed by atoms with van der Waals surface area (Å²) in [4.78, 5) is 21.0. The third-order valence-corrected chi connectivity index (χ3v) is 5.22. The van der Waals surface area contributed by atoms with Gasteiger partial charge in [-0.1, -0.05) is 23.4 Å². The molecule has 0 unspecified atom stereocenters. The maximum absolute atomic E-state index is 12.3. The highest BCUT2D eigenvalue weighted by molar-refractivity contribution is 5.78. The van der Waals surface area contributed by atoms with E-state index in [4.69, 9.17) is 9.26 Å². The topological polar surface area (TPSA) is 95.1 Å². The summed E-state index contributed by atoms with van der Waals surface area (Å²) in [6.45, 7) is 6.50. The van der Waals surface area contributed by atoms with Crippen molar-refractivity contribution in [2.45, 2.75) is 40.3 Å². The highest BCUT2D eigenvalue weighted by Gasteiger charge is 2.10. The second-order valence-corrected chi connectivity index (χ2v) is 7.56. The third-order valence-electron chi connectivity index (χ3n) is 5.22. The average Bonchev–Trinajstić information content (AvgIpc) is 3.37. The number of hydrogen-bond donors (Lipinski definition) is 1. The molecule has 164 valence electrons. The molecule has 0 spiro atoms. The first kappa shape index (κ1) is 21.3. The Kier molecular flexibility index (Phi) is 6.30. The molecule has 8 nitrogen and oxygen atoms in total. The van der Waals surface area contributed by atoms with E-state index in [2.05, 4.69) is 20.4 Å². The Bertz CT molecular complexity index is 1170. The van der Waals surface area contributed by atoms with Gasteiger partial charge in [0, 0.05) is 25.1 Å². The van der Waals surface area contributed by atoms with Crippen LogP contribution in [0.5, 0.6) is 5.75 Å². The number of benzene rings is 1. The van der Waals surface area contributed by atoms with Crippen molar-refractivity contribution in [3.05, 3.63) is 89.0 Å². The van der Waals surface area contributed by atoms with Crippen molar-refractivity contribution in [3.8, 4) is 11.6 Å². The number of hydrogen-bond acceptors (Lipinski definition) is 6. The van der Waals surface area contributed by atoms with E-state index < -0.39 is 0 Å². The van der Waals surface area contributed by atoms with E-state index in [1.165, 1.54) is 0 Å². The van der Waals surface area contributed by atoms with E-state index >= 15 is 0 Å². The Balaban J connectivity index is 1.25. The summed E-state index contributed by atoms with van der Waals surface area (Å²) in [6, 6.07) is 11.4. The van der Waals surface area contributed by atoms with Crippen molar-refractivity contribution in [3.63, 3.8) is 0 Å². The van der Waals surface area contributed by atoms with Crippen molar-refractivity contribution >= 4 is 5.91 Å². The monoisotopic (exact) mass is 431 g/mol. The first-order valence-corrected chi connectivity index (χ1v) is 10.3. The number of nitrogens with one attached hydrogen (secondary N) is 1. The van der Waals surface area contributed by atoms with Gasteiger partial charge in [0.15, 0.2) is 0 Å². The van der Waals surface area contributed by atoms with Crippen molar-refractivity contribution < 1.29 is 14.1 Å². The number of amides is 1. The van der Waals surface area contributed by atoms with E-state index in [-0.39, 0.29) is 5.91 Å². The van der Waals surface area contributed by atoms with E-state index in [1.54, 1.807) is 12.4 Å². The van der Waals surface area contributed by atoms with Crippen LogP contribution in [-0.2, 0) is 24.4 Å². The molecule has 0 aliphatic rings. The minimum atomic E-state index is -0.0519. The molecule has 1 amide bonds. The van der Waals surface area contributed by atoms with Gasteiger partial charge < -0.3 is 14.6 Å². The second-order valence-electron chi connectivity index (χ2n) is 7.56. The van der Waals surface area contributed by atoms with Gasteiger partial charge in [0.2, 0.25) is 5.91 Å². The third kappa shape index (κ3) is 5.03. The number of carbonyl (C=O) groups excluding carboxylic acids is 1. The Hall–Kier alpha value is -3.94. The number of carbonyl (C=O) groups is 1. The quantitative estimate of drug-likeness (QED) is 0.458. The predicted octanol–water partition coefficient (Wildman–Crippen LogP) is 3.62. The molecule has 1 N–H and O–H groups in total. The fourth-order valence-electron chi connectivity index (χ4n) is 3.30. The number of pyridine rings is 1. The highest BCUT2D eigenvalue weighted by atomic mass is 16.5.